The first kappa shape index (κ1) is 36.7. The molecule has 1 aliphatic carbocycles. The van der Waals surface area contributed by atoms with Gasteiger partial charge in [0.15, 0.2) is 0 Å². The minimum Gasteiger partial charge on any atom is -0.343 e. The number of nitrogens with one attached hydrogen (secondary N) is 2. The minimum atomic E-state index is -0.316. The minimum absolute atomic E-state index is 0.0395. The number of guanidine groups is 1. The number of allylic oxidation sites excluding steroid dienone is 1. The first-order chi connectivity index (χ1) is 23.6. The Morgan fingerprint density at radius 2 is 1.61 bits per heavy atom. The standard InChI is InChI=1S/C35H38FN5O.C6H10O/c1-6-22-41-32(24(3)4)31(34(42)38-28-14-10-8-11-15-28)30(33(41)25-18-20-26(36)21-19-25)23-27(7-2)39-35(37-5)40-29-16-12-9-13-17-29;1-5-2-3-6(7)4-5/h7-21,24H,2,6,22-23H2,1,3-5H3,(H,37,40)(H,38,42);5H,2-4H2,1H3/b39-27+;. The summed E-state index contributed by atoms with van der Waals surface area (Å²) in [5, 5.41) is 6.34. The molecule has 8 heteroatoms. The Morgan fingerprint density at radius 3 is 2.08 bits per heavy atom. The zero-order valence-corrected chi connectivity index (χ0v) is 29.3. The molecule has 5 rings (SSSR count). The number of amides is 1. The lowest BCUT2D eigenvalue weighted by Crippen LogP contribution is -2.18. The molecule has 2 N–H and O–H groups in total. The Balaban J connectivity index is 0.000000686. The number of Topliss-reactive ketones (excluding diaryl/α,β-unsaturated/α-hetero) is 1. The zero-order valence-electron chi connectivity index (χ0n) is 29.3. The van der Waals surface area contributed by atoms with Crippen LogP contribution in [0.3, 0.4) is 0 Å². The first-order valence-corrected chi connectivity index (χ1v) is 17.0. The van der Waals surface area contributed by atoms with Crippen molar-refractivity contribution < 1.29 is 14.0 Å². The van der Waals surface area contributed by atoms with Crippen LogP contribution in [0.4, 0.5) is 15.8 Å². The Kier molecular flexibility index (Phi) is 13.4. The number of carbonyl (C=O) groups excluding carboxylic acids is 2. The molecule has 1 heterocycles. The lowest BCUT2D eigenvalue weighted by atomic mass is 9.95. The molecule has 1 amide bonds. The van der Waals surface area contributed by atoms with E-state index < -0.39 is 0 Å². The predicted octanol–water partition coefficient (Wildman–Crippen LogP) is 9.72. The van der Waals surface area contributed by atoms with Crippen LogP contribution in [0.25, 0.3) is 11.3 Å². The van der Waals surface area contributed by atoms with Crippen LogP contribution in [0.1, 0.15) is 80.9 Å². The number of anilines is 2. The molecule has 1 saturated carbocycles. The van der Waals surface area contributed by atoms with Gasteiger partial charge in [0.25, 0.3) is 5.91 Å². The monoisotopic (exact) mass is 661 g/mol. The quantitative estimate of drug-likeness (QED) is 0.131. The SMILES string of the molecule is C=C/C(Cc1c(C(=O)Nc2ccccc2)c(C(C)C)n(CCC)c1-c1ccc(F)cc1)=N\C(=NC)Nc1ccccc1.CC1CCC(=O)C1. The zero-order chi connectivity index (χ0) is 35.3. The lowest BCUT2D eigenvalue weighted by Gasteiger charge is -2.16. The number of hydrogen-bond acceptors (Lipinski definition) is 3. The van der Waals surface area contributed by atoms with Crippen molar-refractivity contribution in [2.75, 3.05) is 17.7 Å². The normalized spacial score (nSPS) is 14.8. The van der Waals surface area contributed by atoms with Crippen LogP contribution >= 0.6 is 0 Å². The number of para-hydroxylation sites is 2. The number of ketones is 1. The third-order valence-electron chi connectivity index (χ3n) is 8.35. The van der Waals surface area contributed by atoms with Gasteiger partial charge in [-0.05, 0) is 90.4 Å². The summed E-state index contributed by atoms with van der Waals surface area (Å²) in [5.74, 6) is 1.07. The van der Waals surface area contributed by atoms with Crippen molar-refractivity contribution in [2.45, 2.75) is 72.3 Å². The molecule has 0 aliphatic heterocycles. The summed E-state index contributed by atoms with van der Waals surface area (Å²) >= 11 is 0. The Morgan fingerprint density at radius 1 is 1.00 bits per heavy atom. The Bertz CT molecular complexity index is 1770. The molecule has 0 spiro atoms. The number of carbonyl (C=O) groups is 2. The molecule has 3 aromatic carbocycles. The molecule has 0 radical (unpaired) electrons. The largest absolute Gasteiger partial charge is 0.343 e. The van der Waals surface area contributed by atoms with E-state index in [9.17, 15) is 14.0 Å². The van der Waals surface area contributed by atoms with Gasteiger partial charge in [0.05, 0.1) is 11.3 Å². The smallest absolute Gasteiger partial charge is 0.257 e. The summed E-state index contributed by atoms with van der Waals surface area (Å²) in [5.41, 5.74) is 6.24. The van der Waals surface area contributed by atoms with Crippen LogP contribution in [0.15, 0.2) is 108 Å². The summed E-state index contributed by atoms with van der Waals surface area (Å²) in [6.45, 7) is 13.2. The number of benzene rings is 3. The molecular formula is C41H48FN5O2. The van der Waals surface area contributed by atoms with Gasteiger partial charge in [0.1, 0.15) is 11.6 Å². The molecule has 49 heavy (non-hydrogen) atoms. The van der Waals surface area contributed by atoms with Crippen LogP contribution in [0.2, 0.25) is 0 Å². The fourth-order valence-corrected chi connectivity index (χ4v) is 6.09. The third-order valence-corrected chi connectivity index (χ3v) is 8.35. The average molecular weight is 662 g/mol. The van der Waals surface area contributed by atoms with Crippen LogP contribution in [-0.2, 0) is 17.8 Å². The predicted molar refractivity (Wildman–Crippen MR) is 201 cm³/mol. The molecule has 7 nitrogen and oxygen atoms in total. The Labute approximate surface area is 290 Å². The fourth-order valence-electron chi connectivity index (χ4n) is 6.09. The highest BCUT2D eigenvalue weighted by Crippen LogP contribution is 2.37. The van der Waals surface area contributed by atoms with E-state index in [2.05, 4.69) is 54.5 Å². The second-order valence-corrected chi connectivity index (χ2v) is 12.6. The van der Waals surface area contributed by atoms with Crippen LogP contribution < -0.4 is 10.6 Å². The molecule has 1 fully saturated rings. The number of hydrogen-bond donors (Lipinski definition) is 2. The summed E-state index contributed by atoms with van der Waals surface area (Å²) in [6.07, 6.45) is 5.66. The maximum absolute atomic E-state index is 14.1. The summed E-state index contributed by atoms with van der Waals surface area (Å²) < 4.78 is 16.3. The maximum atomic E-state index is 14.1. The highest BCUT2D eigenvalue weighted by Gasteiger charge is 2.30. The topological polar surface area (TPSA) is 87.8 Å². The first-order valence-electron chi connectivity index (χ1n) is 17.0. The Hall–Kier alpha value is -5.11. The second kappa shape index (κ2) is 17.9. The van der Waals surface area contributed by atoms with Crippen molar-refractivity contribution in [3.63, 3.8) is 0 Å². The second-order valence-electron chi connectivity index (χ2n) is 12.6. The van der Waals surface area contributed by atoms with Gasteiger partial charge in [0, 0.05) is 55.6 Å². The molecule has 0 saturated heterocycles. The van der Waals surface area contributed by atoms with Crippen LogP contribution in [0, 0.1) is 11.7 Å². The van der Waals surface area contributed by atoms with Crippen molar-refractivity contribution in [1.29, 1.82) is 0 Å². The molecule has 1 aromatic heterocycles. The molecule has 256 valence electrons. The van der Waals surface area contributed by atoms with E-state index in [0.717, 1.165) is 53.9 Å². The fraction of sp³-hybridized carbons (Fsp3) is 0.317. The van der Waals surface area contributed by atoms with Crippen molar-refractivity contribution in [3.05, 3.63) is 120 Å². The van der Waals surface area contributed by atoms with Gasteiger partial charge < -0.3 is 15.2 Å². The number of halogens is 1. The highest BCUT2D eigenvalue weighted by atomic mass is 19.1. The number of aliphatic imine (C=N–C) groups is 2. The summed E-state index contributed by atoms with van der Waals surface area (Å²) in [6, 6.07) is 25.6. The van der Waals surface area contributed by atoms with E-state index in [-0.39, 0.29) is 17.6 Å². The van der Waals surface area contributed by atoms with Crippen LogP contribution in [-0.4, -0.2) is 35.0 Å². The van der Waals surface area contributed by atoms with Crippen molar-refractivity contribution in [2.24, 2.45) is 15.9 Å². The van der Waals surface area contributed by atoms with Crippen molar-refractivity contribution >= 4 is 34.7 Å². The van der Waals surface area contributed by atoms with E-state index in [1.165, 1.54) is 12.1 Å². The van der Waals surface area contributed by atoms with Gasteiger partial charge in [0.2, 0.25) is 5.96 Å². The van der Waals surface area contributed by atoms with Gasteiger partial charge in [-0.15, -0.1) is 0 Å². The average Bonchev–Trinajstić information content (AvgIpc) is 3.64. The van der Waals surface area contributed by atoms with E-state index >= 15 is 0 Å². The number of aromatic nitrogens is 1. The molecule has 1 unspecified atom stereocenters. The molecule has 1 aliphatic rings. The highest BCUT2D eigenvalue weighted by molar-refractivity contribution is 6.12. The van der Waals surface area contributed by atoms with Gasteiger partial charge >= 0.3 is 0 Å². The van der Waals surface area contributed by atoms with Crippen molar-refractivity contribution in [3.8, 4) is 11.3 Å². The summed E-state index contributed by atoms with van der Waals surface area (Å²) in [4.78, 5) is 33.7. The maximum Gasteiger partial charge on any atom is 0.257 e. The van der Waals surface area contributed by atoms with Crippen LogP contribution in [0.5, 0.6) is 0 Å². The molecule has 0 bridgehead atoms. The van der Waals surface area contributed by atoms with E-state index in [1.807, 2.05) is 60.7 Å². The third kappa shape index (κ3) is 9.95. The van der Waals surface area contributed by atoms with E-state index in [1.54, 1.807) is 25.3 Å². The van der Waals surface area contributed by atoms with E-state index in [0.29, 0.717) is 47.6 Å². The molecule has 4 aromatic rings. The van der Waals surface area contributed by atoms with Gasteiger partial charge in [-0.2, -0.15) is 0 Å². The van der Waals surface area contributed by atoms with Gasteiger partial charge in [-0.3, -0.25) is 14.6 Å². The lowest BCUT2D eigenvalue weighted by molar-refractivity contribution is -0.117. The van der Waals surface area contributed by atoms with Crippen molar-refractivity contribution in [1.82, 2.24) is 4.57 Å². The molecule has 1 atom stereocenters. The molecular weight excluding hydrogens is 613 g/mol. The van der Waals surface area contributed by atoms with Gasteiger partial charge in [-0.1, -0.05) is 70.7 Å². The summed E-state index contributed by atoms with van der Waals surface area (Å²) in [7, 11) is 1.67. The number of rotatable bonds is 10. The number of nitrogens with zero attached hydrogens (tertiary/aromatic N) is 3. The van der Waals surface area contributed by atoms with E-state index in [4.69, 9.17) is 4.99 Å². The van der Waals surface area contributed by atoms with Gasteiger partial charge in [-0.25, -0.2) is 9.38 Å².